The number of anilines is 1. The lowest BCUT2D eigenvalue weighted by Crippen LogP contribution is -2.28. The molecule has 0 aliphatic rings. The summed E-state index contributed by atoms with van der Waals surface area (Å²) in [6, 6.07) is 15.1. The summed E-state index contributed by atoms with van der Waals surface area (Å²) >= 11 is 0. The fourth-order valence-electron chi connectivity index (χ4n) is 2.14. The Bertz CT molecular complexity index is 745. The van der Waals surface area contributed by atoms with Crippen molar-refractivity contribution in [1.29, 1.82) is 5.26 Å². The van der Waals surface area contributed by atoms with Crippen molar-refractivity contribution in [3.05, 3.63) is 71.6 Å². The van der Waals surface area contributed by atoms with Crippen LogP contribution in [0.1, 0.15) is 31.0 Å². The number of amides is 1. The van der Waals surface area contributed by atoms with Gasteiger partial charge in [0.15, 0.2) is 0 Å². The Labute approximate surface area is 142 Å². The van der Waals surface area contributed by atoms with Crippen LogP contribution in [0.25, 0.3) is 0 Å². The molecular weight excluding hydrogens is 300 g/mol. The molecule has 0 saturated carbocycles. The Morgan fingerprint density at radius 1 is 1.29 bits per heavy atom. The van der Waals surface area contributed by atoms with Gasteiger partial charge in [-0.15, -0.1) is 0 Å². The van der Waals surface area contributed by atoms with Gasteiger partial charge in [0.1, 0.15) is 17.5 Å². The highest BCUT2D eigenvalue weighted by atomic mass is 16.1. The van der Waals surface area contributed by atoms with E-state index in [4.69, 9.17) is 0 Å². The van der Waals surface area contributed by atoms with E-state index in [-0.39, 0.29) is 11.6 Å². The monoisotopic (exact) mass is 320 g/mol. The quantitative estimate of drug-likeness (QED) is 0.632. The molecule has 0 aliphatic heterocycles. The van der Waals surface area contributed by atoms with Crippen LogP contribution in [0.15, 0.2) is 60.4 Å². The van der Waals surface area contributed by atoms with Gasteiger partial charge in [0.25, 0.3) is 5.91 Å². The molecule has 0 fully saturated rings. The van der Waals surface area contributed by atoms with Gasteiger partial charge in [0.05, 0.1) is 6.04 Å². The number of pyridine rings is 1. The highest BCUT2D eigenvalue weighted by Crippen LogP contribution is 2.14. The van der Waals surface area contributed by atoms with E-state index >= 15 is 0 Å². The molecule has 1 aromatic carbocycles. The summed E-state index contributed by atoms with van der Waals surface area (Å²) in [7, 11) is 0. The Balaban J connectivity index is 2.01. The largest absolute Gasteiger partial charge is 0.345 e. The minimum atomic E-state index is -0.423. The van der Waals surface area contributed by atoms with Crippen LogP contribution in [-0.4, -0.2) is 10.9 Å². The first-order chi connectivity index (χ1) is 11.6. The van der Waals surface area contributed by atoms with E-state index in [0.717, 1.165) is 12.0 Å². The van der Waals surface area contributed by atoms with Gasteiger partial charge in [-0.05, 0) is 36.6 Å². The smallest absolute Gasteiger partial charge is 0.263 e. The maximum absolute atomic E-state index is 12.2. The van der Waals surface area contributed by atoms with E-state index in [0.29, 0.717) is 5.82 Å². The molecule has 1 atom stereocenters. The molecule has 5 nitrogen and oxygen atoms in total. The molecule has 1 amide bonds. The molecule has 5 heteroatoms. The molecule has 0 bridgehead atoms. The predicted molar refractivity (Wildman–Crippen MR) is 93.9 cm³/mol. The summed E-state index contributed by atoms with van der Waals surface area (Å²) in [6.45, 7) is 3.98. The zero-order chi connectivity index (χ0) is 17.4. The van der Waals surface area contributed by atoms with Crippen molar-refractivity contribution >= 4 is 11.7 Å². The van der Waals surface area contributed by atoms with Crippen LogP contribution < -0.4 is 10.6 Å². The second-order valence-electron chi connectivity index (χ2n) is 5.32. The number of aromatic nitrogens is 1. The zero-order valence-corrected chi connectivity index (χ0v) is 13.8. The van der Waals surface area contributed by atoms with E-state index < -0.39 is 5.91 Å². The van der Waals surface area contributed by atoms with Gasteiger partial charge >= 0.3 is 0 Å². The molecule has 2 aromatic rings. The maximum Gasteiger partial charge on any atom is 0.263 e. The molecule has 0 aliphatic carbocycles. The number of hydrogen-bond donors (Lipinski definition) is 2. The standard InChI is InChI=1S/C19H20N4O/c1-3-15-7-9-16(10-8-15)14(2)23-19(24)17(12-20)13-22-18-6-4-5-11-21-18/h4-11,13-14H,3H2,1-2H3,(H,21,22)(H,23,24)/b17-13-. The summed E-state index contributed by atoms with van der Waals surface area (Å²) in [4.78, 5) is 16.3. The third-order valence-electron chi connectivity index (χ3n) is 3.63. The van der Waals surface area contributed by atoms with E-state index in [1.165, 1.54) is 11.8 Å². The number of benzene rings is 1. The van der Waals surface area contributed by atoms with Crippen LogP contribution in [0, 0.1) is 11.3 Å². The Kier molecular flexibility index (Phi) is 6.09. The number of aryl methyl sites for hydroxylation is 1. The van der Waals surface area contributed by atoms with Crippen LogP contribution in [0.3, 0.4) is 0 Å². The number of carbonyl (C=O) groups is 1. The molecule has 0 spiro atoms. The van der Waals surface area contributed by atoms with Gasteiger partial charge in [-0.1, -0.05) is 37.3 Å². The molecule has 2 rings (SSSR count). The molecule has 0 radical (unpaired) electrons. The van der Waals surface area contributed by atoms with Crippen LogP contribution in [0.4, 0.5) is 5.82 Å². The molecule has 0 saturated heterocycles. The van der Waals surface area contributed by atoms with E-state index in [9.17, 15) is 10.1 Å². The highest BCUT2D eigenvalue weighted by molar-refractivity contribution is 5.97. The number of carbonyl (C=O) groups excluding carboxylic acids is 1. The SMILES string of the molecule is CCc1ccc(C(C)NC(=O)/C(C#N)=C\Nc2ccccn2)cc1. The van der Waals surface area contributed by atoms with Crippen molar-refractivity contribution in [3.63, 3.8) is 0 Å². The van der Waals surface area contributed by atoms with Gasteiger partial charge in [-0.25, -0.2) is 4.98 Å². The summed E-state index contributed by atoms with van der Waals surface area (Å²) in [5.74, 6) is 0.147. The van der Waals surface area contributed by atoms with Gasteiger partial charge in [0.2, 0.25) is 0 Å². The van der Waals surface area contributed by atoms with Crippen molar-refractivity contribution in [3.8, 4) is 6.07 Å². The lowest BCUT2D eigenvalue weighted by atomic mass is 10.0. The molecule has 1 aromatic heterocycles. The number of nitrogens with zero attached hydrogens (tertiary/aromatic N) is 2. The van der Waals surface area contributed by atoms with Gasteiger partial charge in [-0.2, -0.15) is 5.26 Å². The fraction of sp³-hybridized carbons (Fsp3) is 0.211. The van der Waals surface area contributed by atoms with Crippen molar-refractivity contribution in [1.82, 2.24) is 10.3 Å². The highest BCUT2D eigenvalue weighted by Gasteiger charge is 2.13. The number of nitrogens with one attached hydrogen (secondary N) is 2. The molecule has 1 unspecified atom stereocenters. The Morgan fingerprint density at radius 2 is 2.04 bits per heavy atom. The van der Waals surface area contributed by atoms with Gasteiger partial charge in [0, 0.05) is 12.4 Å². The number of rotatable bonds is 6. The Hall–Kier alpha value is -3.13. The average molecular weight is 320 g/mol. The molecule has 24 heavy (non-hydrogen) atoms. The van der Waals surface area contributed by atoms with E-state index in [1.54, 1.807) is 18.3 Å². The molecule has 2 N–H and O–H groups in total. The molecule has 122 valence electrons. The third-order valence-corrected chi connectivity index (χ3v) is 3.63. The van der Waals surface area contributed by atoms with Gasteiger partial charge < -0.3 is 10.6 Å². The normalized spacial score (nSPS) is 12.1. The number of nitriles is 1. The first-order valence-corrected chi connectivity index (χ1v) is 7.81. The zero-order valence-electron chi connectivity index (χ0n) is 13.8. The third kappa shape index (κ3) is 4.68. The summed E-state index contributed by atoms with van der Waals surface area (Å²) in [6.07, 6.45) is 3.97. The fourth-order valence-corrected chi connectivity index (χ4v) is 2.14. The first-order valence-electron chi connectivity index (χ1n) is 7.81. The predicted octanol–water partition coefficient (Wildman–Crippen LogP) is 3.34. The topological polar surface area (TPSA) is 77.8 Å². The minimum Gasteiger partial charge on any atom is -0.345 e. The second kappa shape index (κ2) is 8.49. The van der Waals surface area contributed by atoms with Crippen LogP contribution in [-0.2, 0) is 11.2 Å². The van der Waals surface area contributed by atoms with E-state index in [2.05, 4.69) is 22.5 Å². The number of hydrogen-bond acceptors (Lipinski definition) is 4. The van der Waals surface area contributed by atoms with E-state index in [1.807, 2.05) is 43.3 Å². The van der Waals surface area contributed by atoms with Gasteiger partial charge in [-0.3, -0.25) is 4.79 Å². The molecular formula is C19H20N4O. The summed E-state index contributed by atoms with van der Waals surface area (Å²) in [5.41, 5.74) is 2.24. The van der Waals surface area contributed by atoms with Crippen molar-refractivity contribution in [2.75, 3.05) is 5.32 Å². The van der Waals surface area contributed by atoms with Crippen molar-refractivity contribution in [2.24, 2.45) is 0 Å². The van der Waals surface area contributed by atoms with Crippen LogP contribution in [0.2, 0.25) is 0 Å². The Morgan fingerprint density at radius 3 is 2.62 bits per heavy atom. The van der Waals surface area contributed by atoms with Crippen LogP contribution in [0.5, 0.6) is 0 Å². The lowest BCUT2D eigenvalue weighted by molar-refractivity contribution is -0.117. The molecule has 1 heterocycles. The van der Waals surface area contributed by atoms with Crippen molar-refractivity contribution < 1.29 is 4.79 Å². The maximum atomic E-state index is 12.2. The summed E-state index contributed by atoms with van der Waals surface area (Å²) in [5, 5.41) is 14.9. The van der Waals surface area contributed by atoms with Crippen molar-refractivity contribution in [2.45, 2.75) is 26.3 Å². The summed E-state index contributed by atoms with van der Waals surface area (Å²) < 4.78 is 0. The lowest BCUT2D eigenvalue weighted by Gasteiger charge is -2.14. The van der Waals surface area contributed by atoms with Crippen LogP contribution >= 0.6 is 0 Å². The second-order valence-corrected chi connectivity index (χ2v) is 5.32. The average Bonchev–Trinajstić information content (AvgIpc) is 2.63. The minimum absolute atomic E-state index is 0.00215. The first kappa shape index (κ1) is 17.2.